The number of hydrogen-bond acceptors (Lipinski definition) is 1. The lowest BCUT2D eigenvalue weighted by molar-refractivity contribution is 0.0996. The lowest BCUT2D eigenvalue weighted by Gasteiger charge is -2.22. The maximum atomic E-state index is 9.38. The minimum atomic E-state index is 0.0451. The summed E-state index contributed by atoms with van der Waals surface area (Å²) in [6.45, 7) is 2.31. The van der Waals surface area contributed by atoms with Crippen LogP contribution in [-0.2, 0) is 0 Å². The van der Waals surface area contributed by atoms with Gasteiger partial charge in [0.25, 0.3) is 0 Å². The molecule has 2 saturated carbocycles. The van der Waals surface area contributed by atoms with Crippen molar-refractivity contribution >= 4 is 0 Å². The van der Waals surface area contributed by atoms with Crippen molar-refractivity contribution in [3.8, 4) is 0 Å². The van der Waals surface area contributed by atoms with Gasteiger partial charge in [0.2, 0.25) is 0 Å². The van der Waals surface area contributed by atoms with E-state index in [0.29, 0.717) is 11.3 Å². The van der Waals surface area contributed by atoms with E-state index in [9.17, 15) is 5.11 Å². The molecule has 2 rings (SSSR count). The van der Waals surface area contributed by atoms with Crippen molar-refractivity contribution in [2.24, 2.45) is 11.3 Å². The summed E-state index contributed by atoms with van der Waals surface area (Å²) in [4.78, 5) is 0. The first-order chi connectivity index (χ1) is 4.20. The van der Waals surface area contributed by atoms with Gasteiger partial charge in [0.1, 0.15) is 0 Å². The van der Waals surface area contributed by atoms with Crippen LogP contribution in [0.15, 0.2) is 0 Å². The molecule has 0 radical (unpaired) electrons. The fraction of sp³-hybridized carbons (Fsp3) is 1.00. The molecule has 2 aliphatic rings. The van der Waals surface area contributed by atoms with Gasteiger partial charge in [-0.2, -0.15) is 0 Å². The predicted molar refractivity (Wildman–Crippen MR) is 36.1 cm³/mol. The van der Waals surface area contributed by atoms with Crippen LogP contribution in [0.5, 0.6) is 0 Å². The van der Waals surface area contributed by atoms with Crippen LogP contribution >= 0.6 is 0 Å². The van der Waals surface area contributed by atoms with E-state index in [1.807, 2.05) is 0 Å². The fourth-order valence-corrected chi connectivity index (χ4v) is 2.56. The van der Waals surface area contributed by atoms with E-state index in [0.717, 1.165) is 6.42 Å². The standard InChI is InChI=1S/C8H14O/c1-8-3-2-6(4-8)7(9)5-8/h6-7,9H,2-5H2,1H3/t6-,7+,8+/m1/s1. The molecular weight excluding hydrogens is 112 g/mol. The lowest BCUT2D eigenvalue weighted by Crippen LogP contribution is -2.18. The van der Waals surface area contributed by atoms with Gasteiger partial charge in [0.05, 0.1) is 6.10 Å². The molecule has 2 fully saturated rings. The first-order valence-electron chi connectivity index (χ1n) is 3.88. The van der Waals surface area contributed by atoms with Gasteiger partial charge in [0, 0.05) is 0 Å². The van der Waals surface area contributed by atoms with E-state index in [2.05, 4.69) is 6.92 Å². The van der Waals surface area contributed by atoms with E-state index in [1.54, 1.807) is 0 Å². The van der Waals surface area contributed by atoms with E-state index in [-0.39, 0.29) is 6.10 Å². The molecule has 0 unspecified atom stereocenters. The summed E-state index contributed by atoms with van der Waals surface area (Å²) < 4.78 is 0. The zero-order chi connectivity index (χ0) is 6.48. The molecule has 2 bridgehead atoms. The second-order valence-electron chi connectivity index (χ2n) is 4.09. The van der Waals surface area contributed by atoms with Crippen molar-refractivity contribution < 1.29 is 5.11 Å². The summed E-state index contributed by atoms with van der Waals surface area (Å²) in [6, 6.07) is 0. The molecule has 1 N–H and O–H groups in total. The zero-order valence-electron chi connectivity index (χ0n) is 5.93. The molecule has 1 nitrogen and oxygen atoms in total. The summed E-state index contributed by atoms with van der Waals surface area (Å²) in [5.41, 5.74) is 0.532. The third kappa shape index (κ3) is 0.710. The van der Waals surface area contributed by atoms with Crippen LogP contribution < -0.4 is 0 Å². The van der Waals surface area contributed by atoms with E-state index in [1.165, 1.54) is 19.3 Å². The van der Waals surface area contributed by atoms with Crippen LogP contribution in [0.4, 0.5) is 0 Å². The van der Waals surface area contributed by atoms with E-state index in [4.69, 9.17) is 0 Å². The molecule has 52 valence electrons. The highest BCUT2D eigenvalue weighted by atomic mass is 16.3. The molecule has 2 aliphatic carbocycles. The highest BCUT2D eigenvalue weighted by Gasteiger charge is 2.46. The number of aliphatic hydroxyl groups is 1. The minimum absolute atomic E-state index is 0.0451. The summed E-state index contributed by atoms with van der Waals surface area (Å²) in [5, 5.41) is 9.38. The second kappa shape index (κ2) is 1.51. The fourth-order valence-electron chi connectivity index (χ4n) is 2.56. The lowest BCUT2D eigenvalue weighted by atomic mass is 9.86. The Balaban J connectivity index is 2.19. The molecule has 0 spiro atoms. The van der Waals surface area contributed by atoms with Crippen molar-refractivity contribution in [3.63, 3.8) is 0 Å². The third-order valence-electron chi connectivity index (χ3n) is 3.12. The van der Waals surface area contributed by atoms with Crippen molar-refractivity contribution in [1.82, 2.24) is 0 Å². The topological polar surface area (TPSA) is 20.2 Å². The highest BCUT2D eigenvalue weighted by Crippen LogP contribution is 2.53. The van der Waals surface area contributed by atoms with E-state index >= 15 is 0 Å². The van der Waals surface area contributed by atoms with Gasteiger partial charge in [0.15, 0.2) is 0 Å². The number of fused-ring (bicyclic) bond motifs is 2. The second-order valence-corrected chi connectivity index (χ2v) is 4.09. The number of hydrogen-bond donors (Lipinski definition) is 1. The van der Waals surface area contributed by atoms with Crippen molar-refractivity contribution in [3.05, 3.63) is 0 Å². The molecule has 1 heteroatoms. The molecule has 9 heavy (non-hydrogen) atoms. The Kier molecular flexibility index (Phi) is 0.963. The van der Waals surface area contributed by atoms with Gasteiger partial charge in [-0.3, -0.25) is 0 Å². The number of rotatable bonds is 0. The number of aliphatic hydroxyl groups excluding tert-OH is 1. The molecule has 0 aromatic rings. The molecule has 0 aromatic heterocycles. The van der Waals surface area contributed by atoms with Gasteiger partial charge in [-0.15, -0.1) is 0 Å². The van der Waals surface area contributed by atoms with Gasteiger partial charge in [-0.1, -0.05) is 6.92 Å². The normalized spacial score (nSPS) is 56.7. The maximum absolute atomic E-state index is 9.38. The Morgan fingerprint density at radius 2 is 2.22 bits per heavy atom. The molecule has 0 heterocycles. The van der Waals surface area contributed by atoms with Crippen LogP contribution in [0.25, 0.3) is 0 Å². The molecule has 0 saturated heterocycles. The van der Waals surface area contributed by atoms with Crippen LogP contribution in [0.1, 0.15) is 32.6 Å². The Labute approximate surface area is 56.1 Å². The summed E-state index contributed by atoms with van der Waals surface area (Å²) in [7, 11) is 0. The SMILES string of the molecule is C[C@]12CC[C@H](C1)[C@@H](O)C2. The van der Waals surface area contributed by atoms with Gasteiger partial charge >= 0.3 is 0 Å². The molecule has 3 atom stereocenters. The molecular formula is C8H14O. The van der Waals surface area contributed by atoms with Crippen LogP contribution in [0.2, 0.25) is 0 Å². The van der Waals surface area contributed by atoms with Crippen LogP contribution in [-0.4, -0.2) is 11.2 Å². The summed E-state index contributed by atoms with van der Waals surface area (Å²) in [5.74, 6) is 0.662. The Morgan fingerprint density at radius 3 is 2.44 bits per heavy atom. The molecule has 0 amide bonds. The van der Waals surface area contributed by atoms with Crippen LogP contribution in [0.3, 0.4) is 0 Å². The Bertz CT molecular complexity index is 129. The Morgan fingerprint density at radius 1 is 1.44 bits per heavy atom. The minimum Gasteiger partial charge on any atom is -0.393 e. The monoisotopic (exact) mass is 126 g/mol. The predicted octanol–water partition coefficient (Wildman–Crippen LogP) is 1.56. The average molecular weight is 126 g/mol. The van der Waals surface area contributed by atoms with Crippen molar-refractivity contribution in [2.75, 3.05) is 0 Å². The molecule has 0 aliphatic heterocycles. The zero-order valence-corrected chi connectivity index (χ0v) is 5.93. The van der Waals surface area contributed by atoms with Gasteiger partial charge in [-0.05, 0) is 37.0 Å². The van der Waals surface area contributed by atoms with Gasteiger partial charge < -0.3 is 5.11 Å². The van der Waals surface area contributed by atoms with Crippen molar-refractivity contribution in [2.45, 2.75) is 38.7 Å². The first-order valence-corrected chi connectivity index (χ1v) is 3.88. The first kappa shape index (κ1) is 5.72. The van der Waals surface area contributed by atoms with Gasteiger partial charge in [-0.25, -0.2) is 0 Å². The quantitative estimate of drug-likeness (QED) is 0.522. The van der Waals surface area contributed by atoms with E-state index < -0.39 is 0 Å². The smallest absolute Gasteiger partial charge is 0.0573 e. The maximum Gasteiger partial charge on any atom is 0.0573 e. The van der Waals surface area contributed by atoms with Crippen LogP contribution in [0, 0.1) is 11.3 Å². The third-order valence-corrected chi connectivity index (χ3v) is 3.12. The summed E-state index contributed by atoms with van der Waals surface area (Å²) in [6.07, 6.45) is 5.03. The average Bonchev–Trinajstić information content (AvgIpc) is 2.20. The Hall–Kier alpha value is -0.0400. The van der Waals surface area contributed by atoms with Crippen molar-refractivity contribution in [1.29, 1.82) is 0 Å². The largest absolute Gasteiger partial charge is 0.393 e. The summed E-state index contributed by atoms with van der Waals surface area (Å²) >= 11 is 0. The molecule has 0 aromatic carbocycles. The highest BCUT2D eigenvalue weighted by molar-refractivity contribution is 4.97.